The zero-order chi connectivity index (χ0) is 12.8. The molecule has 0 spiro atoms. The third kappa shape index (κ3) is 4.03. The lowest BCUT2D eigenvalue weighted by molar-refractivity contribution is 0.0963. The van der Waals surface area contributed by atoms with E-state index >= 15 is 0 Å². The Labute approximate surface area is 102 Å². The van der Waals surface area contributed by atoms with Gasteiger partial charge in [-0.15, -0.1) is 17.9 Å². The van der Waals surface area contributed by atoms with Crippen molar-refractivity contribution in [1.82, 2.24) is 5.32 Å². The molecule has 1 amide bonds. The van der Waals surface area contributed by atoms with Gasteiger partial charge in [-0.2, -0.15) is 0 Å². The first kappa shape index (κ1) is 13.4. The van der Waals surface area contributed by atoms with Crippen molar-refractivity contribution >= 4 is 27.9 Å². The van der Waals surface area contributed by atoms with Crippen LogP contribution in [0.5, 0.6) is 0 Å². The van der Waals surface area contributed by atoms with Crippen molar-refractivity contribution in [2.24, 2.45) is 0 Å². The summed E-state index contributed by atoms with van der Waals surface area (Å²) < 4.78 is 23.9. The van der Waals surface area contributed by atoms with Gasteiger partial charge in [0.05, 0.1) is 17.2 Å². The fourth-order valence-corrected chi connectivity index (χ4v) is 2.00. The summed E-state index contributed by atoms with van der Waals surface area (Å²) in [7, 11) is 0. The molecule has 94 valence electrons. The number of carbonyl (C=O) groups is 1. The van der Waals surface area contributed by atoms with Crippen molar-refractivity contribution < 1.29 is 13.6 Å². The molecule has 0 aliphatic carbocycles. The summed E-state index contributed by atoms with van der Waals surface area (Å²) >= 11 is 1.04. The van der Waals surface area contributed by atoms with Crippen LogP contribution in [-0.4, -0.2) is 25.4 Å². The van der Waals surface area contributed by atoms with Gasteiger partial charge in [0.15, 0.2) is 0 Å². The Hall–Kier alpha value is -1.63. The molecule has 1 rings (SSSR count). The minimum atomic E-state index is -2.45. The quantitative estimate of drug-likeness (QED) is 0.685. The van der Waals surface area contributed by atoms with Gasteiger partial charge in [0, 0.05) is 6.54 Å². The van der Waals surface area contributed by atoms with E-state index in [2.05, 4.69) is 17.2 Å². The number of anilines is 2. The SMILES string of the molecule is C=CCNC(=O)c1sc(NCC(F)F)cc1N. The third-order valence-electron chi connectivity index (χ3n) is 1.80. The van der Waals surface area contributed by atoms with E-state index in [1.807, 2.05) is 0 Å². The zero-order valence-corrected chi connectivity index (χ0v) is 9.82. The number of alkyl halides is 2. The smallest absolute Gasteiger partial charge is 0.263 e. The number of nitrogen functional groups attached to an aromatic ring is 1. The van der Waals surface area contributed by atoms with Crippen LogP contribution in [0.2, 0.25) is 0 Å². The second-order valence-corrected chi connectivity index (χ2v) is 4.22. The van der Waals surface area contributed by atoms with Crippen molar-refractivity contribution in [3.05, 3.63) is 23.6 Å². The molecule has 1 aromatic rings. The molecule has 0 unspecified atom stereocenters. The molecule has 0 radical (unpaired) electrons. The van der Waals surface area contributed by atoms with Crippen LogP contribution in [0.4, 0.5) is 19.5 Å². The van der Waals surface area contributed by atoms with Gasteiger partial charge in [0.2, 0.25) is 0 Å². The van der Waals surface area contributed by atoms with Crippen molar-refractivity contribution in [1.29, 1.82) is 0 Å². The van der Waals surface area contributed by atoms with Crippen LogP contribution in [0.1, 0.15) is 9.67 Å². The maximum absolute atomic E-state index is 12.0. The average Bonchev–Trinajstić information content (AvgIpc) is 2.65. The Morgan fingerprint density at radius 3 is 2.94 bits per heavy atom. The molecule has 0 aliphatic heterocycles. The van der Waals surface area contributed by atoms with Crippen LogP contribution in [0, 0.1) is 0 Å². The number of thiophene rings is 1. The lowest BCUT2D eigenvalue weighted by atomic mass is 10.3. The fraction of sp³-hybridized carbons (Fsp3) is 0.300. The molecule has 1 aromatic heterocycles. The Kier molecular flexibility index (Phi) is 4.89. The van der Waals surface area contributed by atoms with E-state index in [1.54, 1.807) is 0 Å². The van der Waals surface area contributed by atoms with Crippen molar-refractivity contribution in [2.45, 2.75) is 6.43 Å². The lowest BCUT2D eigenvalue weighted by Crippen LogP contribution is -2.22. The van der Waals surface area contributed by atoms with Gasteiger partial charge in [0.1, 0.15) is 4.88 Å². The van der Waals surface area contributed by atoms with Crippen molar-refractivity contribution in [3.63, 3.8) is 0 Å². The Morgan fingerprint density at radius 1 is 1.65 bits per heavy atom. The summed E-state index contributed by atoms with van der Waals surface area (Å²) in [6.45, 7) is 3.33. The second-order valence-electron chi connectivity index (χ2n) is 3.17. The number of rotatable bonds is 6. The molecule has 0 aliphatic rings. The van der Waals surface area contributed by atoms with Gasteiger partial charge in [-0.3, -0.25) is 4.79 Å². The molecule has 1 heterocycles. The van der Waals surface area contributed by atoms with Gasteiger partial charge in [-0.25, -0.2) is 8.78 Å². The van der Waals surface area contributed by atoms with Crippen molar-refractivity contribution in [3.8, 4) is 0 Å². The number of nitrogens with one attached hydrogen (secondary N) is 2. The predicted octanol–water partition coefficient (Wildman–Crippen LogP) is 1.92. The fourth-order valence-electron chi connectivity index (χ4n) is 1.09. The maximum atomic E-state index is 12.0. The molecule has 0 fully saturated rings. The zero-order valence-electron chi connectivity index (χ0n) is 9.00. The molecule has 0 atom stereocenters. The van der Waals surface area contributed by atoms with Gasteiger partial charge in [-0.1, -0.05) is 6.08 Å². The molecule has 4 nitrogen and oxygen atoms in total. The van der Waals surface area contributed by atoms with E-state index in [0.717, 1.165) is 11.3 Å². The van der Waals surface area contributed by atoms with Crippen molar-refractivity contribution in [2.75, 3.05) is 24.1 Å². The number of amides is 1. The topological polar surface area (TPSA) is 67.2 Å². The van der Waals surface area contributed by atoms with E-state index in [0.29, 0.717) is 16.4 Å². The van der Waals surface area contributed by atoms with Gasteiger partial charge < -0.3 is 16.4 Å². The third-order valence-corrected chi connectivity index (χ3v) is 2.91. The highest BCUT2D eigenvalue weighted by atomic mass is 32.1. The molecule has 17 heavy (non-hydrogen) atoms. The average molecular weight is 261 g/mol. The molecular formula is C10H13F2N3OS. The standard InChI is InChI=1S/C10H13F2N3OS/c1-2-3-14-10(16)9-6(13)4-8(17-9)15-5-7(11)12/h2,4,7,15H,1,3,5,13H2,(H,14,16). The summed E-state index contributed by atoms with van der Waals surface area (Å²) in [6, 6.07) is 1.47. The van der Waals surface area contributed by atoms with E-state index in [9.17, 15) is 13.6 Å². The highest BCUT2D eigenvalue weighted by Crippen LogP contribution is 2.29. The molecule has 0 saturated carbocycles. The highest BCUT2D eigenvalue weighted by molar-refractivity contribution is 7.18. The second kappa shape index (κ2) is 6.19. The number of carbonyl (C=O) groups excluding carboxylic acids is 1. The molecule has 0 bridgehead atoms. The number of hydrogen-bond donors (Lipinski definition) is 3. The monoisotopic (exact) mass is 261 g/mol. The van der Waals surface area contributed by atoms with Crippen LogP contribution < -0.4 is 16.4 Å². The van der Waals surface area contributed by atoms with E-state index in [4.69, 9.17) is 5.73 Å². The largest absolute Gasteiger partial charge is 0.397 e. The predicted molar refractivity (Wildman–Crippen MR) is 65.8 cm³/mol. The first-order chi connectivity index (χ1) is 8.04. The summed E-state index contributed by atoms with van der Waals surface area (Å²) in [5.74, 6) is -0.336. The van der Waals surface area contributed by atoms with Crippen LogP contribution in [0.15, 0.2) is 18.7 Å². The maximum Gasteiger partial charge on any atom is 0.263 e. The van der Waals surface area contributed by atoms with E-state index in [-0.39, 0.29) is 11.6 Å². The lowest BCUT2D eigenvalue weighted by Gasteiger charge is -2.01. The molecule has 0 aromatic carbocycles. The molecule has 7 heteroatoms. The normalized spacial score (nSPS) is 10.3. The highest BCUT2D eigenvalue weighted by Gasteiger charge is 2.14. The summed E-state index contributed by atoms with van der Waals surface area (Å²) in [5, 5.41) is 5.52. The van der Waals surface area contributed by atoms with Gasteiger partial charge in [-0.05, 0) is 6.07 Å². The van der Waals surface area contributed by atoms with E-state index in [1.165, 1.54) is 12.1 Å². The first-order valence-corrected chi connectivity index (χ1v) is 5.66. The Balaban J connectivity index is 2.67. The number of hydrogen-bond acceptors (Lipinski definition) is 4. The molecule has 4 N–H and O–H groups in total. The van der Waals surface area contributed by atoms with Crippen LogP contribution in [0.25, 0.3) is 0 Å². The number of halogens is 2. The van der Waals surface area contributed by atoms with E-state index < -0.39 is 13.0 Å². The molecule has 0 saturated heterocycles. The number of nitrogens with two attached hydrogens (primary N) is 1. The Bertz CT molecular complexity index is 406. The van der Waals surface area contributed by atoms with Gasteiger partial charge in [0.25, 0.3) is 12.3 Å². The van der Waals surface area contributed by atoms with Crippen LogP contribution in [0.3, 0.4) is 0 Å². The summed E-state index contributed by atoms with van der Waals surface area (Å²) in [4.78, 5) is 11.9. The summed E-state index contributed by atoms with van der Waals surface area (Å²) in [6.07, 6.45) is -0.908. The Morgan fingerprint density at radius 2 is 2.35 bits per heavy atom. The summed E-state index contributed by atoms with van der Waals surface area (Å²) in [5.41, 5.74) is 5.89. The van der Waals surface area contributed by atoms with Gasteiger partial charge >= 0.3 is 0 Å². The minimum absolute atomic E-state index is 0.272. The first-order valence-electron chi connectivity index (χ1n) is 4.85. The van der Waals surface area contributed by atoms with Crippen LogP contribution in [-0.2, 0) is 0 Å². The minimum Gasteiger partial charge on any atom is -0.397 e. The van der Waals surface area contributed by atoms with Crippen LogP contribution >= 0.6 is 11.3 Å². The molecular weight excluding hydrogens is 248 g/mol.